The van der Waals surface area contributed by atoms with Crippen LogP contribution >= 0.6 is 0 Å². The van der Waals surface area contributed by atoms with Gasteiger partial charge in [-0.25, -0.2) is 0 Å². The van der Waals surface area contributed by atoms with E-state index in [1.807, 2.05) is 58.9 Å². The maximum absolute atomic E-state index is 14.9. The molecule has 49 heavy (non-hydrogen) atoms. The lowest BCUT2D eigenvalue weighted by Gasteiger charge is -2.51. The largest absolute Gasteiger partial charge is 0.497 e. The van der Waals surface area contributed by atoms with Crippen molar-refractivity contribution in [1.82, 2.24) is 0 Å². The summed E-state index contributed by atoms with van der Waals surface area (Å²) in [5.74, 6) is -1.89. The molecule has 1 aromatic carbocycles. The molecule has 3 fully saturated rings. The van der Waals surface area contributed by atoms with Gasteiger partial charge in [-0.2, -0.15) is 0 Å². The molecular formula is C38H62O10Si. The van der Waals surface area contributed by atoms with Crippen molar-refractivity contribution in [3.05, 3.63) is 29.8 Å². The lowest BCUT2D eigenvalue weighted by atomic mass is 9.67. The molecule has 2 aliphatic carbocycles. The molecule has 0 spiro atoms. The second-order valence-corrected chi connectivity index (χ2v) is 21.7. The number of fused-ring (bicyclic) bond motifs is 2. The van der Waals surface area contributed by atoms with Gasteiger partial charge < -0.3 is 42.7 Å². The van der Waals surface area contributed by atoms with Gasteiger partial charge in [0.25, 0.3) is 0 Å². The second-order valence-electron chi connectivity index (χ2n) is 17.0. The van der Waals surface area contributed by atoms with Crippen molar-refractivity contribution >= 4 is 20.4 Å². The van der Waals surface area contributed by atoms with Crippen LogP contribution in [-0.2, 0) is 44.3 Å². The molecular weight excluding hydrogens is 644 g/mol. The van der Waals surface area contributed by atoms with Crippen LogP contribution in [-0.4, -0.2) is 88.4 Å². The minimum atomic E-state index is -2.47. The zero-order chi connectivity index (χ0) is 36.6. The van der Waals surface area contributed by atoms with Gasteiger partial charge in [0.1, 0.15) is 30.5 Å². The summed E-state index contributed by atoms with van der Waals surface area (Å²) in [4.78, 5) is 27.3. The van der Waals surface area contributed by atoms with Crippen LogP contribution in [0.25, 0.3) is 0 Å². The van der Waals surface area contributed by atoms with E-state index in [4.69, 9.17) is 32.8 Å². The number of carbonyl (C=O) groups excluding carboxylic acids is 2. The van der Waals surface area contributed by atoms with E-state index in [1.54, 1.807) is 7.11 Å². The Kier molecular flexibility index (Phi) is 12.0. The van der Waals surface area contributed by atoms with Crippen molar-refractivity contribution in [3.63, 3.8) is 0 Å². The van der Waals surface area contributed by atoms with Crippen LogP contribution in [0.3, 0.4) is 0 Å². The third kappa shape index (κ3) is 7.75. The first-order valence-electron chi connectivity index (χ1n) is 17.8. The SMILES string of the molecule is COCO[C@H]1C(=O)[C@@H](C)[C@@H]([C@@]2([C@@H](CC=O)OCc3ccc(OC)cc3)COC(C)(C)O2)C[C@H](O[Si](C)(C)C(C)(C)C)C2(O)CCC1C2(C)C. The summed E-state index contributed by atoms with van der Waals surface area (Å²) in [6.45, 7) is 20.8. The maximum Gasteiger partial charge on any atom is 0.192 e. The van der Waals surface area contributed by atoms with Crippen LogP contribution in [0.2, 0.25) is 18.1 Å². The lowest BCUT2D eigenvalue weighted by molar-refractivity contribution is -0.224. The van der Waals surface area contributed by atoms with Gasteiger partial charge in [0, 0.05) is 36.7 Å². The van der Waals surface area contributed by atoms with Gasteiger partial charge in [-0.3, -0.25) is 4.79 Å². The molecule has 0 radical (unpaired) electrons. The second kappa shape index (κ2) is 14.7. The average molecular weight is 707 g/mol. The van der Waals surface area contributed by atoms with Crippen molar-refractivity contribution in [3.8, 4) is 5.75 Å². The molecule has 1 saturated heterocycles. The molecule has 0 aromatic heterocycles. The first kappa shape index (κ1) is 40.1. The predicted octanol–water partition coefficient (Wildman–Crippen LogP) is 6.46. The summed E-state index contributed by atoms with van der Waals surface area (Å²) in [5.41, 5.74) is -2.37. The van der Waals surface area contributed by atoms with Gasteiger partial charge in [0.2, 0.25) is 0 Å². The van der Waals surface area contributed by atoms with E-state index in [9.17, 15) is 14.7 Å². The number of hydrogen-bond acceptors (Lipinski definition) is 10. The molecule has 8 atom stereocenters. The van der Waals surface area contributed by atoms with Crippen LogP contribution in [0.5, 0.6) is 5.75 Å². The van der Waals surface area contributed by atoms with Crippen molar-refractivity contribution < 1.29 is 47.5 Å². The van der Waals surface area contributed by atoms with Crippen LogP contribution in [0.4, 0.5) is 0 Å². The number of ether oxygens (including phenoxy) is 6. The highest BCUT2D eigenvalue weighted by Crippen LogP contribution is 2.59. The Labute approximate surface area is 295 Å². The van der Waals surface area contributed by atoms with Crippen molar-refractivity contribution in [2.45, 2.75) is 141 Å². The molecule has 1 aliphatic heterocycles. The summed E-state index contributed by atoms with van der Waals surface area (Å²) in [7, 11) is 0.683. The number of rotatable bonds is 13. The molecule has 4 rings (SSSR count). The van der Waals surface area contributed by atoms with Gasteiger partial charge in [0.05, 0.1) is 38.1 Å². The first-order chi connectivity index (χ1) is 22.7. The Balaban J connectivity index is 1.89. The topological polar surface area (TPSA) is 119 Å². The van der Waals surface area contributed by atoms with E-state index in [1.165, 1.54) is 7.11 Å². The number of benzene rings is 1. The summed E-state index contributed by atoms with van der Waals surface area (Å²) in [6.07, 6.45) is -0.0400. The Morgan fingerprint density at radius 1 is 1.08 bits per heavy atom. The van der Waals surface area contributed by atoms with E-state index in [2.05, 4.69) is 33.9 Å². The van der Waals surface area contributed by atoms with E-state index in [0.29, 0.717) is 19.3 Å². The first-order valence-corrected chi connectivity index (χ1v) is 20.7. The van der Waals surface area contributed by atoms with Gasteiger partial charge in [-0.05, 0) is 68.9 Å². The van der Waals surface area contributed by atoms with Crippen LogP contribution in [0, 0.1) is 23.2 Å². The molecule has 11 heteroatoms. The molecule has 10 nitrogen and oxygen atoms in total. The molecule has 1 aromatic rings. The Bertz CT molecular complexity index is 1290. The number of methoxy groups -OCH3 is 2. The molecule has 1 N–H and O–H groups in total. The van der Waals surface area contributed by atoms with Crippen molar-refractivity contribution in [2.24, 2.45) is 23.2 Å². The summed E-state index contributed by atoms with van der Waals surface area (Å²) >= 11 is 0. The highest BCUT2D eigenvalue weighted by Gasteiger charge is 2.67. The average Bonchev–Trinajstić information content (AvgIpc) is 3.48. The molecule has 2 saturated carbocycles. The molecule has 3 aliphatic rings. The molecule has 1 heterocycles. The molecule has 278 valence electrons. The number of aliphatic hydroxyl groups is 1. The Morgan fingerprint density at radius 3 is 2.27 bits per heavy atom. The normalized spacial score (nSPS) is 33.8. The zero-order valence-corrected chi connectivity index (χ0v) is 32.9. The number of ketones is 1. The molecule has 2 unspecified atom stereocenters. The lowest BCUT2D eigenvalue weighted by Crippen LogP contribution is -2.61. The number of aldehydes is 1. The highest BCUT2D eigenvalue weighted by atomic mass is 28.4. The van der Waals surface area contributed by atoms with Crippen LogP contribution < -0.4 is 4.74 Å². The molecule has 0 amide bonds. The van der Waals surface area contributed by atoms with Crippen LogP contribution in [0.1, 0.15) is 86.6 Å². The standard InChI is InChI=1S/C38H62O10Si/c1-25-29(37(23-46-36(7,8)48-37)30(18-20-39)44-22-26-13-15-27(43-10)16-14-26)21-31(47-49(11,12)34(2,3)4)38(41)19-17-28(35(38,5)6)33(32(25)40)45-24-42-9/h13-16,20,25,28-31,33,41H,17-19,21-24H2,1-12H3/t25-,28?,29-,30+,31-,33+,37+,38?/m0/s1. The maximum atomic E-state index is 14.9. The highest BCUT2D eigenvalue weighted by molar-refractivity contribution is 6.74. The Hall–Kier alpha value is -1.70. The number of hydrogen-bond donors (Lipinski definition) is 1. The van der Waals surface area contributed by atoms with Gasteiger partial charge in [-0.1, -0.05) is 53.7 Å². The fourth-order valence-corrected chi connectivity index (χ4v) is 9.56. The third-order valence-corrected chi connectivity index (χ3v) is 16.8. The minimum absolute atomic E-state index is 0.0166. The monoisotopic (exact) mass is 706 g/mol. The smallest absolute Gasteiger partial charge is 0.192 e. The summed E-state index contributed by atoms with van der Waals surface area (Å²) < 4.78 is 44.1. The van der Waals surface area contributed by atoms with E-state index in [0.717, 1.165) is 17.6 Å². The van der Waals surface area contributed by atoms with Crippen LogP contribution in [0.15, 0.2) is 24.3 Å². The summed E-state index contributed by atoms with van der Waals surface area (Å²) in [5, 5.41) is 12.9. The zero-order valence-electron chi connectivity index (χ0n) is 31.9. The van der Waals surface area contributed by atoms with Gasteiger partial charge in [-0.15, -0.1) is 0 Å². The minimum Gasteiger partial charge on any atom is -0.497 e. The Morgan fingerprint density at radius 2 is 1.73 bits per heavy atom. The van der Waals surface area contributed by atoms with E-state index < -0.39 is 60.9 Å². The fraction of sp³-hybridized carbons (Fsp3) is 0.789. The predicted molar refractivity (Wildman–Crippen MR) is 189 cm³/mol. The fourth-order valence-electron chi connectivity index (χ4n) is 8.21. The van der Waals surface area contributed by atoms with Gasteiger partial charge in [0.15, 0.2) is 19.9 Å². The summed E-state index contributed by atoms with van der Waals surface area (Å²) in [6, 6.07) is 7.56. The van der Waals surface area contributed by atoms with Gasteiger partial charge >= 0.3 is 0 Å². The quantitative estimate of drug-likeness (QED) is 0.139. The number of carbonyl (C=O) groups is 2. The van der Waals surface area contributed by atoms with E-state index >= 15 is 0 Å². The van der Waals surface area contributed by atoms with E-state index in [-0.39, 0.29) is 43.2 Å². The van der Waals surface area contributed by atoms with Crippen molar-refractivity contribution in [2.75, 3.05) is 27.6 Å². The number of Topliss-reactive ketones (excluding diaryl/α,β-unsaturated/α-hetero) is 1. The van der Waals surface area contributed by atoms with Crippen molar-refractivity contribution in [1.29, 1.82) is 0 Å². The molecule has 2 bridgehead atoms. The third-order valence-electron chi connectivity index (χ3n) is 12.4.